The molecule has 1 heterocycles. The Labute approximate surface area is 152 Å². The molecule has 1 aliphatic heterocycles. The minimum atomic E-state index is -0.171. The highest BCUT2D eigenvalue weighted by Gasteiger charge is 2.34. The van der Waals surface area contributed by atoms with Crippen molar-refractivity contribution in [3.63, 3.8) is 0 Å². The molecule has 1 aliphatic rings. The fourth-order valence-corrected chi connectivity index (χ4v) is 3.73. The third-order valence-corrected chi connectivity index (χ3v) is 5.01. The third kappa shape index (κ3) is 3.18. The van der Waals surface area contributed by atoms with Crippen molar-refractivity contribution in [1.29, 1.82) is 0 Å². The summed E-state index contributed by atoms with van der Waals surface area (Å²) in [5, 5.41) is 4.26. The first-order valence-electron chi connectivity index (χ1n) is 8.41. The molecule has 0 radical (unpaired) electrons. The van der Waals surface area contributed by atoms with Crippen molar-refractivity contribution in [2.75, 3.05) is 5.32 Å². The summed E-state index contributed by atoms with van der Waals surface area (Å²) in [4.78, 5) is 13.2. The van der Waals surface area contributed by atoms with Gasteiger partial charge in [-0.2, -0.15) is 0 Å². The van der Waals surface area contributed by atoms with Crippen molar-refractivity contribution in [3.05, 3.63) is 101 Å². The summed E-state index contributed by atoms with van der Waals surface area (Å²) >= 11 is 6.16. The molecule has 0 fully saturated rings. The average Bonchev–Trinajstić information content (AvgIpc) is 2.67. The third-order valence-electron chi connectivity index (χ3n) is 4.77. The van der Waals surface area contributed by atoms with Gasteiger partial charge < -0.3 is 5.32 Å². The SMILES string of the molecule is O=C(c1ccccc1)[C@H]1Cc2cc(Cl)ccc2N[C@H]1c1ccccc1. The summed E-state index contributed by atoms with van der Waals surface area (Å²) < 4.78 is 0. The zero-order valence-corrected chi connectivity index (χ0v) is 14.4. The lowest BCUT2D eigenvalue weighted by Gasteiger charge is -2.34. The van der Waals surface area contributed by atoms with Crippen LogP contribution in [0.3, 0.4) is 0 Å². The average molecular weight is 348 g/mol. The Morgan fingerprint density at radius 1 is 0.920 bits per heavy atom. The van der Waals surface area contributed by atoms with Crippen LogP contribution in [0.25, 0.3) is 0 Å². The molecule has 1 N–H and O–H groups in total. The lowest BCUT2D eigenvalue weighted by molar-refractivity contribution is 0.0902. The normalized spacial score (nSPS) is 18.9. The summed E-state index contributed by atoms with van der Waals surface area (Å²) in [6.07, 6.45) is 0.677. The van der Waals surface area contributed by atoms with Gasteiger partial charge in [-0.15, -0.1) is 0 Å². The van der Waals surface area contributed by atoms with Crippen LogP contribution in [0.15, 0.2) is 78.9 Å². The number of halogens is 1. The number of benzene rings is 3. The minimum Gasteiger partial charge on any atom is -0.377 e. The molecule has 3 aromatic carbocycles. The maximum atomic E-state index is 13.2. The van der Waals surface area contributed by atoms with E-state index in [0.717, 1.165) is 22.4 Å². The second kappa shape index (κ2) is 6.73. The van der Waals surface area contributed by atoms with E-state index in [1.165, 1.54) is 0 Å². The Kier molecular flexibility index (Phi) is 4.29. The molecular weight excluding hydrogens is 330 g/mol. The monoisotopic (exact) mass is 347 g/mol. The van der Waals surface area contributed by atoms with Crippen LogP contribution < -0.4 is 5.32 Å². The maximum absolute atomic E-state index is 13.2. The summed E-state index contributed by atoms with van der Waals surface area (Å²) in [6.45, 7) is 0. The van der Waals surface area contributed by atoms with Crippen LogP contribution >= 0.6 is 11.6 Å². The fourth-order valence-electron chi connectivity index (χ4n) is 3.53. The Morgan fingerprint density at radius 3 is 2.32 bits per heavy atom. The van der Waals surface area contributed by atoms with Crippen LogP contribution in [0.4, 0.5) is 5.69 Å². The van der Waals surface area contributed by atoms with Gasteiger partial charge >= 0.3 is 0 Å². The van der Waals surface area contributed by atoms with Crippen LogP contribution in [-0.2, 0) is 6.42 Å². The molecule has 0 aromatic heterocycles. The number of carbonyl (C=O) groups excluding carboxylic acids is 1. The highest BCUT2D eigenvalue weighted by molar-refractivity contribution is 6.30. The molecule has 25 heavy (non-hydrogen) atoms. The topological polar surface area (TPSA) is 29.1 Å². The Hall–Kier alpha value is -2.58. The number of anilines is 1. The van der Waals surface area contributed by atoms with Crippen LogP contribution in [0, 0.1) is 5.92 Å². The number of fused-ring (bicyclic) bond motifs is 1. The highest BCUT2D eigenvalue weighted by atomic mass is 35.5. The zero-order valence-electron chi connectivity index (χ0n) is 13.7. The number of Topliss-reactive ketones (excluding diaryl/α,β-unsaturated/α-hetero) is 1. The minimum absolute atomic E-state index is 0.0532. The van der Waals surface area contributed by atoms with Gasteiger partial charge in [-0.1, -0.05) is 72.3 Å². The molecule has 2 nitrogen and oxygen atoms in total. The molecule has 2 atom stereocenters. The molecule has 0 amide bonds. The van der Waals surface area contributed by atoms with E-state index in [1.807, 2.05) is 66.7 Å². The van der Waals surface area contributed by atoms with E-state index >= 15 is 0 Å². The second-order valence-electron chi connectivity index (χ2n) is 6.38. The van der Waals surface area contributed by atoms with Crippen molar-refractivity contribution in [2.45, 2.75) is 12.5 Å². The summed E-state index contributed by atoms with van der Waals surface area (Å²) in [7, 11) is 0. The van der Waals surface area contributed by atoms with Gasteiger partial charge in [0, 0.05) is 16.3 Å². The van der Waals surface area contributed by atoms with Crippen LogP contribution in [0.1, 0.15) is 27.5 Å². The Morgan fingerprint density at radius 2 is 1.60 bits per heavy atom. The first kappa shape index (κ1) is 15.9. The predicted octanol–water partition coefficient (Wildman–Crippen LogP) is 5.55. The number of rotatable bonds is 3. The quantitative estimate of drug-likeness (QED) is 0.629. The van der Waals surface area contributed by atoms with Crippen molar-refractivity contribution in [1.82, 2.24) is 0 Å². The van der Waals surface area contributed by atoms with Gasteiger partial charge in [0.1, 0.15) is 0 Å². The van der Waals surface area contributed by atoms with Gasteiger partial charge in [0.05, 0.1) is 12.0 Å². The number of carbonyl (C=O) groups is 1. The molecule has 3 aromatic rings. The summed E-state index contributed by atoms with van der Waals surface area (Å²) in [6, 6.07) is 25.5. The lowest BCUT2D eigenvalue weighted by Crippen LogP contribution is -2.33. The summed E-state index contributed by atoms with van der Waals surface area (Å²) in [5.41, 5.74) is 4.02. The molecule has 3 heteroatoms. The van der Waals surface area contributed by atoms with E-state index in [4.69, 9.17) is 11.6 Å². The van der Waals surface area contributed by atoms with E-state index in [-0.39, 0.29) is 17.7 Å². The standard InChI is InChI=1S/C22H18ClNO/c23-18-11-12-20-17(13-18)14-19(22(25)16-9-5-2-6-10-16)21(24-20)15-7-3-1-4-8-15/h1-13,19,21,24H,14H2/t19-,21-/m0/s1. The van der Waals surface area contributed by atoms with Gasteiger partial charge in [0.15, 0.2) is 5.78 Å². The largest absolute Gasteiger partial charge is 0.377 e. The van der Waals surface area contributed by atoms with Crippen LogP contribution in [0.5, 0.6) is 0 Å². The number of hydrogen-bond donors (Lipinski definition) is 1. The first-order valence-corrected chi connectivity index (χ1v) is 8.79. The molecule has 0 saturated heterocycles. The van der Waals surface area contributed by atoms with Crippen LogP contribution in [-0.4, -0.2) is 5.78 Å². The van der Waals surface area contributed by atoms with Gasteiger partial charge in [-0.05, 0) is 35.7 Å². The molecule has 4 rings (SSSR count). The number of hydrogen-bond acceptors (Lipinski definition) is 2. The van der Waals surface area contributed by atoms with E-state index < -0.39 is 0 Å². The van der Waals surface area contributed by atoms with Crippen molar-refractivity contribution >= 4 is 23.1 Å². The van der Waals surface area contributed by atoms with E-state index in [9.17, 15) is 4.79 Å². The maximum Gasteiger partial charge on any atom is 0.168 e. The molecule has 0 aliphatic carbocycles. The number of nitrogens with one attached hydrogen (secondary N) is 1. The van der Waals surface area contributed by atoms with Gasteiger partial charge in [0.25, 0.3) is 0 Å². The van der Waals surface area contributed by atoms with Crippen molar-refractivity contribution < 1.29 is 4.79 Å². The predicted molar refractivity (Wildman–Crippen MR) is 102 cm³/mol. The van der Waals surface area contributed by atoms with E-state index in [2.05, 4.69) is 17.4 Å². The van der Waals surface area contributed by atoms with Crippen molar-refractivity contribution in [3.8, 4) is 0 Å². The van der Waals surface area contributed by atoms with E-state index in [0.29, 0.717) is 11.4 Å². The molecular formula is C22H18ClNO. The molecule has 0 bridgehead atoms. The lowest BCUT2D eigenvalue weighted by atomic mass is 9.79. The highest BCUT2D eigenvalue weighted by Crippen LogP contribution is 2.39. The second-order valence-corrected chi connectivity index (χ2v) is 6.81. The molecule has 0 unspecified atom stereocenters. The fraction of sp³-hybridized carbons (Fsp3) is 0.136. The molecule has 0 spiro atoms. The Balaban J connectivity index is 1.76. The Bertz CT molecular complexity index is 892. The van der Waals surface area contributed by atoms with Gasteiger partial charge in [-0.25, -0.2) is 0 Å². The van der Waals surface area contributed by atoms with Gasteiger partial charge in [0.2, 0.25) is 0 Å². The van der Waals surface area contributed by atoms with E-state index in [1.54, 1.807) is 0 Å². The summed E-state index contributed by atoms with van der Waals surface area (Å²) in [5.74, 6) is -0.0108. The molecule has 0 saturated carbocycles. The molecule has 124 valence electrons. The first-order chi connectivity index (χ1) is 12.2. The van der Waals surface area contributed by atoms with Crippen molar-refractivity contribution in [2.24, 2.45) is 5.92 Å². The van der Waals surface area contributed by atoms with Gasteiger partial charge in [-0.3, -0.25) is 4.79 Å². The zero-order chi connectivity index (χ0) is 17.2. The number of ketones is 1. The van der Waals surface area contributed by atoms with Crippen LogP contribution in [0.2, 0.25) is 5.02 Å². The smallest absolute Gasteiger partial charge is 0.168 e.